The lowest BCUT2D eigenvalue weighted by molar-refractivity contribution is 0.645. The van der Waals surface area contributed by atoms with Crippen molar-refractivity contribution in [3.63, 3.8) is 0 Å². The standard InChI is InChI=1S/C9H13N3S/c1-12(2)7-11-13-9-5-3-4-8(10)6-9/h3-7H,10H2,1-2H3/b11-7+. The predicted octanol–water partition coefficient (Wildman–Crippen LogP) is 1.87. The first kappa shape index (κ1) is 9.92. The molecule has 0 radical (unpaired) electrons. The lowest BCUT2D eigenvalue weighted by atomic mass is 10.3. The molecule has 0 saturated carbocycles. The Morgan fingerprint density at radius 2 is 2.23 bits per heavy atom. The summed E-state index contributed by atoms with van der Waals surface area (Å²) in [6.45, 7) is 0. The Balaban J connectivity index is 2.55. The van der Waals surface area contributed by atoms with Crippen molar-refractivity contribution in [2.24, 2.45) is 4.40 Å². The van der Waals surface area contributed by atoms with Crippen LogP contribution in [0.1, 0.15) is 0 Å². The minimum Gasteiger partial charge on any atom is -0.399 e. The van der Waals surface area contributed by atoms with Crippen LogP contribution in [0.2, 0.25) is 0 Å². The van der Waals surface area contributed by atoms with Crippen LogP contribution < -0.4 is 5.73 Å². The van der Waals surface area contributed by atoms with Crippen molar-refractivity contribution < 1.29 is 0 Å². The lowest BCUT2D eigenvalue weighted by Gasteiger charge is -2.01. The van der Waals surface area contributed by atoms with E-state index in [1.807, 2.05) is 43.3 Å². The molecule has 1 aromatic carbocycles. The summed E-state index contributed by atoms with van der Waals surface area (Å²) in [5.74, 6) is 0. The third-order valence-electron chi connectivity index (χ3n) is 1.29. The lowest BCUT2D eigenvalue weighted by Crippen LogP contribution is -2.06. The molecule has 0 aliphatic rings. The molecular weight excluding hydrogens is 182 g/mol. The van der Waals surface area contributed by atoms with E-state index in [4.69, 9.17) is 5.73 Å². The van der Waals surface area contributed by atoms with Crippen LogP contribution in [0.5, 0.6) is 0 Å². The van der Waals surface area contributed by atoms with Gasteiger partial charge in [-0.3, -0.25) is 0 Å². The van der Waals surface area contributed by atoms with Crippen LogP contribution in [0.25, 0.3) is 0 Å². The number of hydrogen-bond acceptors (Lipinski definition) is 3. The Kier molecular flexibility index (Phi) is 3.64. The highest BCUT2D eigenvalue weighted by molar-refractivity contribution is 7.98. The molecule has 0 amide bonds. The number of rotatable bonds is 3. The van der Waals surface area contributed by atoms with E-state index >= 15 is 0 Å². The van der Waals surface area contributed by atoms with Gasteiger partial charge < -0.3 is 10.6 Å². The highest BCUT2D eigenvalue weighted by atomic mass is 32.2. The Morgan fingerprint density at radius 1 is 1.46 bits per heavy atom. The Hall–Kier alpha value is -1.16. The van der Waals surface area contributed by atoms with Crippen molar-refractivity contribution in [2.45, 2.75) is 4.90 Å². The average Bonchev–Trinajstić information content (AvgIpc) is 2.03. The van der Waals surface area contributed by atoms with E-state index in [0.717, 1.165) is 10.6 Å². The van der Waals surface area contributed by atoms with Gasteiger partial charge in [0.25, 0.3) is 0 Å². The molecule has 0 atom stereocenters. The van der Waals surface area contributed by atoms with Gasteiger partial charge in [0.05, 0.1) is 6.34 Å². The third-order valence-corrected chi connectivity index (χ3v) is 1.96. The van der Waals surface area contributed by atoms with Gasteiger partial charge in [0, 0.05) is 36.6 Å². The van der Waals surface area contributed by atoms with Crippen LogP contribution in [-0.2, 0) is 0 Å². The number of anilines is 1. The van der Waals surface area contributed by atoms with Crippen LogP contribution in [0.15, 0.2) is 33.6 Å². The molecule has 2 N–H and O–H groups in total. The Labute approximate surface area is 82.8 Å². The summed E-state index contributed by atoms with van der Waals surface area (Å²) < 4.78 is 4.14. The minimum atomic E-state index is 0.769. The number of benzene rings is 1. The monoisotopic (exact) mass is 195 g/mol. The largest absolute Gasteiger partial charge is 0.399 e. The van der Waals surface area contributed by atoms with Gasteiger partial charge in [0.2, 0.25) is 0 Å². The van der Waals surface area contributed by atoms with E-state index in [1.54, 1.807) is 6.34 Å². The topological polar surface area (TPSA) is 41.6 Å². The fraction of sp³-hybridized carbons (Fsp3) is 0.222. The summed E-state index contributed by atoms with van der Waals surface area (Å²) in [6.07, 6.45) is 1.76. The zero-order valence-corrected chi connectivity index (χ0v) is 8.58. The molecule has 0 unspecified atom stereocenters. The number of hydrogen-bond donors (Lipinski definition) is 1. The van der Waals surface area contributed by atoms with Crippen LogP contribution in [-0.4, -0.2) is 25.3 Å². The second-order valence-electron chi connectivity index (χ2n) is 2.85. The number of nitrogen functional groups attached to an aromatic ring is 1. The summed E-state index contributed by atoms with van der Waals surface area (Å²) in [5, 5.41) is 0. The molecule has 13 heavy (non-hydrogen) atoms. The van der Waals surface area contributed by atoms with Crippen molar-refractivity contribution in [1.82, 2.24) is 4.90 Å². The maximum atomic E-state index is 5.61. The van der Waals surface area contributed by atoms with E-state index in [0.29, 0.717) is 0 Å². The zero-order valence-electron chi connectivity index (χ0n) is 7.77. The zero-order chi connectivity index (χ0) is 9.68. The third kappa shape index (κ3) is 3.85. The van der Waals surface area contributed by atoms with Crippen molar-refractivity contribution in [1.29, 1.82) is 0 Å². The highest BCUT2D eigenvalue weighted by Gasteiger charge is 1.91. The van der Waals surface area contributed by atoms with Gasteiger partial charge in [0.15, 0.2) is 0 Å². The van der Waals surface area contributed by atoms with Crippen molar-refractivity contribution in [3.8, 4) is 0 Å². The Bertz CT molecular complexity index is 297. The first-order valence-electron chi connectivity index (χ1n) is 3.91. The first-order valence-corrected chi connectivity index (χ1v) is 4.68. The molecule has 4 heteroatoms. The van der Waals surface area contributed by atoms with E-state index < -0.39 is 0 Å². The second-order valence-corrected chi connectivity index (χ2v) is 3.71. The quantitative estimate of drug-likeness (QED) is 0.346. The summed E-state index contributed by atoms with van der Waals surface area (Å²) in [7, 11) is 3.87. The van der Waals surface area contributed by atoms with E-state index in [9.17, 15) is 0 Å². The summed E-state index contributed by atoms with van der Waals surface area (Å²) in [5.41, 5.74) is 6.38. The van der Waals surface area contributed by atoms with Gasteiger partial charge in [-0.05, 0) is 18.2 Å². The van der Waals surface area contributed by atoms with E-state index in [-0.39, 0.29) is 0 Å². The highest BCUT2D eigenvalue weighted by Crippen LogP contribution is 2.20. The van der Waals surface area contributed by atoms with Crippen LogP contribution in [0, 0.1) is 0 Å². The van der Waals surface area contributed by atoms with Gasteiger partial charge in [-0.1, -0.05) is 6.07 Å². The van der Waals surface area contributed by atoms with E-state index in [2.05, 4.69) is 4.40 Å². The smallest absolute Gasteiger partial charge is 0.0988 e. The molecule has 0 bridgehead atoms. The first-order chi connectivity index (χ1) is 6.18. The maximum Gasteiger partial charge on any atom is 0.0988 e. The summed E-state index contributed by atoms with van der Waals surface area (Å²) in [6, 6.07) is 7.66. The normalized spacial score (nSPS) is 10.6. The fourth-order valence-electron chi connectivity index (χ4n) is 0.750. The molecular formula is C9H13N3S. The van der Waals surface area contributed by atoms with Crippen molar-refractivity contribution in [3.05, 3.63) is 24.3 Å². The summed E-state index contributed by atoms with van der Waals surface area (Å²) in [4.78, 5) is 2.94. The van der Waals surface area contributed by atoms with Gasteiger partial charge in [-0.15, -0.1) is 0 Å². The van der Waals surface area contributed by atoms with Crippen LogP contribution in [0.4, 0.5) is 5.69 Å². The minimum absolute atomic E-state index is 0.769. The molecule has 0 aliphatic heterocycles. The predicted molar refractivity (Wildman–Crippen MR) is 58.9 cm³/mol. The molecule has 0 spiro atoms. The molecule has 0 aromatic heterocycles. The molecule has 0 fully saturated rings. The molecule has 0 saturated heterocycles. The molecule has 3 nitrogen and oxygen atoms in total. The molecule has 0 heterocycles. The van der Waals surface area contributed by atoms with Gasteiger partial charge >= 0.3 is 0 Å². The van der Waals surface area contributed by atoms with Crippen LogP contribution >= 0.6 is 11.9 Å². The SMILES string of the molecule is CN(C)/C=N/Sc1cccc(N)c1. The Morgan fingerprint density at radius 3 is 2.85 bits per heavy atom. The van der Waals surface area contributed by atoms with Crippen molar-refractivity contribution in [2.75, 3.05) is 19.8 Å². The van der Waals surface area contributed by atoms with E-state index in [1.165, 1.54) is 11.9 Å². The van der Waals surface area contributed by atoms with Gasteiger partial charge in [0.1, 0.15) is 0 Å². The van der Waals surface area contributed by atoms with Crippen LogP contribution in [0.3, 0.4) is 0 Å². The maximum absolute atomic E-state index is 5.61. The number of nitrogens with two attached hydrogens (primary N) is 1. The molecule has 1 rings (SSSR count). The molecule has 1 aromatic rings. The van der Waals surface area contributed by atoms with Gasteiger partial charge in [-0.25, -0.2) is 4.40 Å². The molecule has 70 valence electrons. The van der Waals surface area contributed by atoms with Crippen molar-refractivity contribution >= 4 is 24.0 Å². The second kappa shape index (κ2) is 4.77. The summed E-state index contributed by atoms with van der Waals surface area (Å²) >= 11 is 1.41. The molecule has 0 aliphatic carbocycles. The van der Waals surface area contributed by atoms with Gasteiger partial charge in [-0.2, -0.15) is 0 Å². The number of nitrogens with zero attached hydrogens (tertiary/aromatic N) is 2. The fourth-order valence-corrected chi connectivity index (χ4v) is 1.44. The average molecular weight is 195 g/mol.